The van der Waals surface area contributed by atoms with Crippen LogP contribution in [0.25, 0.3) is 5.69 Å². The summed E-state index contributed by atoms with van der Waals surface area (Å²) in [6.07, 6.45) is 1.98. The third-order valence-electron chi connectivity index (χ3n) is 3.36. The van der Waals surface area contributed by atoms with E-state index in [1.807, 2.05) is 25.1 Å². The summed E-state index contributed by atoms with van der Waals surface area (Å²) in [5, 5.41) is 13.0. The molecule has 21 heavy (non-hydrogen) atoms. The van der Waals surface area contributed by atoms with E-state index in [0.717, 1.165) is 5.69 Å². The van der Waals surface area contributed by atoms with Gasteiger partial charge in [0.25, 0.3) is 5.91 Å². The van der Waals surface area contributed by atoms with Crippen molar-refractivity contribution in [3.8, 4) is 11.8 Å². The topological polar surface area (TPSA) is 87.9 Å². The smallest absolute Gasteiger partial charge is 0.274 e. The zero-order valence-electron chi connectivity index (χ0n) is 12.0. The first-order valence-electron chi connectivity index (χ1n) is 6.59. The molecule has 0 saturated carbocycles. The number of nitrogens with two attached hydrogens (primary N) is 1. The molecule has 0 aliphatic heterocycles. The summed E-state index contributed by atoms with van der Waals surface area (Å²) in [7, 11) is 1.67. The van der Waals surface area contributed by atoms with Gasteiger partial charge in [-0.1, -0.05) is 12.1 Å². The molecular weight excluding hydrogens is 266 g/mol. The van der Waals surface area contributed by atoms with Gasteiger partial charge in [-0.25, -0.2) is 4.68 Å². The summed E-state index contributed by atoms with van der Waals surface area (Å²) >= 11 is 0. The van der Waals surface area contributed by atoms with E-state index >= 15 is 0 Å². The van der Waals surface area contributed by atoms with Crippen molar-refractivity contribution < 1.29 is 4.79 Å². The molecule has 1 unspecified atom stereocenters. The van der Waals surface area contributed by atoms with Gasteiger partial charge in [0.15, 0.2) is 5.69 Å². The van der Waals surface area contributed by atoms with Crippen molar-refractivity contribution in [2.24, 2.45) is 0 Å². The fourth-order valence-corrected chi connectivity index (χ4v) is 1.92. The van der Waals surface area contributed by atoms with Crippen LogP contribution in [0.3, 0.4) is 0 Å². The summed E-state index contributed by atoms with van der Waals surface area (Å²) in [4.78, 5) is 13.8. The van der Waals surface area contributed by atoms with Gasteiger partial charge < -0.3 is 10.6 Å². The van der Waals surface area contributed by atoms with E-state index in [1.54, 1.807) is 30.1 Å². The molecule has 0 aliphatic rings. The van der Waals surface area contributed by atoms with E-state index in [4.69, 9.17) is 11.0 Å². The average Bonchev–Trinajstić information content (AvgIpc) is 2.96. The standard InChI is InChI=1S/C15H17N5O/c1-11(7-9-16)19(2)15(21)13-8-10-20(18-13)14-6-4-3-5-12(14)17/h3-6,8,10-11H,7,17H2,1-2H3. The van der Waals surface area contributed by atoms with E-state index < -0.39 is 0 Å². The summed E-state index contributed by atoms with van der Waals surface area (Å²) in [5.74, 6) is -0.217. The number of amides is 1. The number of nitrogens with zero attached hydrogens (tertiary/aromatic N) is 4. The molecular formula is C15H17N5O. The Kier molecular flexibility index (Phi) is 4.24. The predicted molar refractivity (Wildman–Crippen MR) is 79.8 cm³/mol. The Morgan fingerprint density at radius 3 is 2.86 bits per heavy atom. The highest BCUT2D eigenvalue weighted by molar-refractivity contribution is 5.92. The highest BCUT2D eigenvalue weighted by Crippen LogP contribution is 2.16. The van der Waals surface area contributed by atoms with Gasteiger partial charge in [0.2, 0.25) is 0 Å². The first-order valence-corrected chi connectivity index (χ1v) is 6.59. The number of nitriles is 1. The van der Waals surface area contributed by atoms with Gasteiger partial charge in [-0.15, -0.1) is 0 Å². The first-order chi connectivity index (χ1) is 10.0. The Bertz CT molecular complexity index is 685. The predicted octanol–water partition coefficient (Wildman–Crippen LogP) is 1.83. The van der Waals surface area contributed by atoms with Crippen molar-refractivity contribution in [3.63, 3.8) is 0 Å². The van der Waals surface area contributed by atoms with Crippen LogP contribution in [0.2, 0.25) is 0 Å². The molecule has 0 saturated heterocycles. The molecule has 2 N–H and O–H groups in total. The molecule has 108 valence electrons. The van der Waals surface area contributed by atoms with Crippen molar-refractivity contribution in [1.29, 1.82) is 5.26 Å². The number of hydrogen-bond donors (Lipinski definition) is 1. The Morgan fingerprint density at radius 2 is 2.19 bits per heavy atom. The lowest BCUT2D eigenvalue weighted by atomic mass is 10.2. The molecule has 2 aromatic rings. The number of benzene rings is 1. The molecule has 1 amide bonds. The lowest BCUT2D eigenvalue weighted by molar-refractivity contribution is 0.0740. The Labute approximate surface area is 123 Å². The molecule has 1 atom stereocenters. The third-order valence-corrected chi connectivity index (χ3v) is 3.36. The fraction of sp³-hybridized carbons (Fsp3) is 0.267. The minimum atomic E-state index is -0.217. The minimum absolute atomic E-state index is 0.158. The second kappa shape index (κ2) is 6.09. The van der Waals surface area contributed by atoms with Gasteiger partial charge in [-0.2, -0.15) is 10.4 Å². The highest BCUT2D eigenvalue weighted by atomic mass is 16.2. The van der Waals surface area contributed by atoms with Crippen LogP contribution in [0.4, 0.5) is 5.69 Å². The molecule has 6 nitrogen and oxygen atoms in total. The Hall–Kier alpha value is -2.81. The molecule has 0 aliphatic carbocycles. The van der Waals surface area contributed by atoms with E-state index in [-0.39, 0.29) is 18.4 Å². The fourth-order valence-electron chi connectivity index (χ4n) is 1.92. The number of carbonyl (C=O) groups excluding carboxylic acids is 1. The SMILES string of the molecule is CC(CC#N)N(C)C(=O)c1ccn(-c2ccccc2N)n1. The van der Waals surface area contributed by atoms with E-state index in [2.05, 4.69) is 11.2 Å². The third kappa shape index (κ3) is 3.03. The molecule has 2 rings (SSSR count). The van der Waals surface area contributed by atoms with Crippen LogP contribution in [0.1, 0.15) is 23.8 Å². The minimum Gasteiger partial charge on any atom is -0.397 e. The number of aromatic nitrogens is 2. The van der Waals surface area contributed by atoms with Crippen molar-refractivity contribution in [2.75, 3.05) is 12.8 Å². The van der Waals surface area contributed by atoms with Crippen LogP contribution < -0.4 is 5.73 Å². The van der Waals surface area contributed by atoms with E-state index in [9.17, 15) is 4.79 Å². The monoisotopic (exact) mass is 283 g/mol. The zero-order valence-corrected chi connectivity index (χ0v) is 12.0. The van der Waals surface area contributed by atoms with Crippen LogP contribution in [0, 0.1) is 11.3 Å². The largest absolute Gasteiger partial charge is 0.397 e. The molecule has 1 aromatic heterocycles. The molecule has 0 radical (unpaired) electrons. The van der Waals surface area contributed by atoms with Crippen molar-refractivity contribution in [2.45, 2.75) is 19.4 Å². The molecule has 1 heterocycles. The highest BCUT2D eigenvalue weighted by Gasteiger charge is 2.19. The van der Waals surface area contributed by atoms with Gasteiger partial charge in [0.05, 0.1) is 23.9 Å². The van der Waals surface area contributed by atoms with Crippen LogP contribution in [-0.2, 0) is 0 Å². The number of hydrogen-bond acceptors (Lipinski definition) is 4. The number of nitrogen functional groups attached to an aromatic ring is 1. The molecule has 0 spiro atoms. The van der Waals surface area contributed by atoms with Gasteiger partial charge in [0.1, 0.15) is 0 Å². The first kappa shape index (κ1) is 14.6. The maximum Gasteiger partial charge on any atom is 0.274 e. The normalized spacial score (nSPS) is 11.7. The lowest BCUT2D eigenvalue weighted by Crippen LogP contribution is -2.35. The maximum absolute atomic E-state index is 12.3. The van der Waals surface area contributed by atoms with Crippen LogP contribution >= 0.6 is 0 Å². The number of carbonyl (C=O) groups is 1. The Balaban J connectivity index is 2.23. The second-order valence-electron chi connectivity index (χ2n) is 4.83. The van der Waals surface area contributed by atoms with Crippen LogP contribution in [-0.4, -0.2) is 33.7 Å². The molecule has 0 bridgehead atoms. The van der Waals surface area contributed by atoms with Gasteiger partial charge >= 0.3 is 0 Å². The molecule has 6 heteroatoms. The van der Waals surface area contributed by atoms with Gasteiger partial charge in [-0.05, 0) is 25.1 Å². The van der Waals surface area contributed by atoms with Crippen molar-refractivity contribution in [3.05, 3.63) is 42.2 Å². The lowest BCUT2D eigenvalue weighted by Gasteiger charge is -2.21. The summed E-state index contributed by atoms with van der Waals surface area (Å²) < 4.78 is 1.57. The van der Waals surface area contributed by atoms with Gasteiger partial charge in [-0.3, -0.25) is 4.79 Å². The van der Waals surface area contributed by atoms with Crippen LogP contribution in [0.15, 0.2) is 36.5 Å². The van der Waals surface area contributed by atoms with E-state index in [1.165, 1.54) is 4.90 Å². The second-order valence-corrected chi connectivity index (χ2v) is 4.83. The quantitative estimate of drug-likeness (QED) is 0.867. The molecule has 0 fully saturated rings. The van der Waals surface area contributed by atoms with E-state index in [0.29, 0.717) is 11.4 Å². The summed E-state index contributed by atoms with van der Waals surface area (Å²) in [6, 6.07) is 10.8. The van der Waals surface area contributed by atoms with Crippen molar-refractivity contribution >= 4 is 11.6 Å². The number of anilines is 1. The Morgan fingerprint density at radius 1 is 1.48 bits per heavy atom. The maximum atomic E-state index is 12.3. The zero-order chi connectivity index (χ0) is 15.4. The van der Waals surface area contributed by atoms with Gasteiger partial charge in [0, 0.05) is 19.3 Å². The summed E-state index contributed by atoms with van der Waals surface area (Å²) in [6.45, 7) is 1.83. The summed E-state index contributed by atoms with van der Waals surface area (Å²) in [5.41, 5.74) is 7.53. The van der Waals surface area contributed by atoms with Crippen molar-refractivity contribution in [1.82, 2.24) is 14.7 Å². The molecule has 1 aromatic carbocycles. The number of rotatable bonds is 4. The average molecular weight is 283 g/mol. The number of para-hydroxylation sites is 2. The van der Waals surface area contributed by atoms with Crippen LogP contribution in [0.5, 0.6) is 0 Å².